The summed E-state index contributed by atoms with van der Waals surface area (Å²) in [7, 11) is 1.57. The van der Waals surface area contributed by atoms with Gasteiger partial charge in [-0.1, -0.05) is 37.3 Å². The number of carbonyl (C=O) groups excluding carboxylic acids is 1. The summed E-state index contributed by atoms with van der Waals surface area (Å²) in [5.74, 6) is 0.739. The van der Waals surface area contributed by atoms with E-state index in [0.717, 1.165) is 39.1 Å². The fraction of sp³-hybridized carbons (Fsp3) is 0.588. The molecule has 4 nitrogen and oxygen atoms in total. The molecule has 1 saturated heterocycles. The lowest BCUT2D eigenvalue weighted by molar-refractivity contribution is -0.136. The van der Waals surface area contributed by atoms with Gasteiger partial charge in [-0.3, -0.25) is 9.69 Å². The minimum atomic E-state index is 0.106. The van der Waals surface area contributed by atoms with E-state index < -0.39 is 0 Å². The first-order chi connectivity index (χ1) is 10.2. The van der Waals surface area contributed by atoms with Crippen LogP contribution in [-0.2, 0) is 16.0 Å². The predicted molar refractivity (Wildman–Crippen MR) is 84.2 cm³/mol. The topological polar surface area (TPSA) is 32.8 Å². The van der Waals surface area contributed by atoms with E-state index in [1.807, 2.05) is 4.90 Å². The van der Waals surface area contributed by atoms with Gasteiger partial charge in [0.25, 0.3) is 0 Å². The van der Waals surface area contributed by atoms with E-state index in [4.69, 9.17) is 4.74 Å². The molecular weight excluding hydrogens is 264 g/mol. The van der Waals surface area contributed by atoms with Gasteiger partial charge in [0.1, 0.15) is 6.61 Å². The summed E-state index contributed by atoms with van der Waals surface area (Å²) in [5, 5.41) is 0. The molecule has 0 bridgehead atoms. The Hall–Kier alpha value is -1.39. The smallest absolute Gasteiger partial charge is 0.248 e. The van der Waals surface area contributed by atoms with Crippen LogP contribution in [0.25, 0.3) is 0 Å². The van der Waals surface area contributed by atoms with Crippen molar-refractivity contribution in [3.8, 4) is 0 Å². The molecule has 1 amide bonds. The van der Waals surface area contributed by atoms with Gasteiger partial charge >= 0.3 is 0 Å². The molecule has 0 radical (unpaired) electrons. The molecule has 1 fully saturated rings. The van der Waals surface area contributed by atoms with Crippen molar-refractivity contribution >= 4 is 5.91 Å². The number of carbonyl (C=O) groups is 1. The average Bonchev–Trinajstić information content (AvgIpc) is 2.49. The molecule has 0 unspecified atom stereocenters. The van der Waals surface area contributed by atoms with Crippen molar-refractivity contribution in [3.05, 3.63) is 35.9 Å². The number of hydrogen-bond acceptors (Lipinski definition) is 3. The predicted octanol–water partition coefficient (Wildman–Crippen LogP) is 1.66. The zero-order valence-corrected chi connectivity index (χ0v) is 13.1. The number of nitrogens with zero attached hydrogens (tertiary/aromatic N) is 2. The van der Waals surface area contributed by atoms with E-state index in [1.54, 1.807) is 7.11 Å². The summed E-state index contributed by atoms with van der Waals surface area (Å²) in [6.45, 7) is 7.17. The zero-order valence-electron chi connectivity index (χ0n) is 13.1. The van der Waals surface area contributed by atoms with Gasteiger partial charge in [0.15, 0.2) is 0 Å². The molecule has 0 saturated carbocycles. The first-order valence-electron chi connectivity index (χ1n) is 7.72. The normalized spacial score (nSPS) is 17.7. The maximum absolute atomic E-state index is 11.8. The highest BCUT2D eigenvalue weighted by Crippen LogP contribution is 2.11. The summed E-state index contributed by atoms with van der Waals surface area (Å²) in [4.78, 5) is 16.1. The molecule has 1 aromatic rings. The highest BCUT2D eigenvalue weighted by atomic mass is 16.5. The van der Waals surface area contributed by atoms with Gasteiger partial charge < -0.3 is 9.64 Å². The highest BCUT2D eigenvalue weighted by Gasteiger charge is 2.21. The lowest BCUT2D eigenvalue weighted by atomic mass is 10.0. The van der Waals surface area contributed by atoms with Crippen LogP contribution in [0.5, 0.6) is 0 Å². The SMILES string of the molecule is COCC(=O)N1CCN(C[C@@H](C)Cc2ccccc2)CC1. The van der Waals surface area contributed by atoms with Crippen LogP contribution in [0.1, 0.15) is 12.5 Å². The Morgan fingerprint density at radius 2 is 1.86 bits per heavy atom. The molecule has 21 heavy (non-hydrogen) atoms. The van der Waals surface area contributed by atoms with Crippen LogP contribution in [-0.4, -0.2) is 62.1 Å². The van der Waals surface area contributed by atoms with Crippen molar-refractivity contribution in [3.63, 3.8) is 0 Å². The van der Waals surface area contributed by atoms with Crippen molar-refractivity contribution in [2.75, 3.05) is 46.4 Å². The van der Waals surface area contributed by atoms with Crippen LogP contribution in [0, 0.1) is 5.92 Å². The number of methoxy groups -OCH3 is 1. The quantitative estimate of drug-likeness (QED) is 0.799. The van der Waals surface area contributed by atoms with E-state index in [9.17, 15) is 4.79 Å². The van der Waals surface area contributed by atoms with Gasteiger partial charge in [-0.05, 0) is 17.9 Å². The van der Waals surface area contributed by atoms with Crippen molar-refractivity contribution in [1.29, 1.82) is 0 Å². The van der Waals surface area contributed by atoms with Gasteiger partial charge in [-0.15, -0.1) is 0 Å². The van der Waals surface area contributed by atoms with Crippen LogP contribution < -0.4 is 0 Å². The molecule has 0 aromatic heterocycles. The van der Waals surface area contributed by atoms with Gasteiger partial charge in [-0.2, -0.15) is 0 Å². The minimum Gasteiger partial charge on any atom is -0.375 e. The summed E-state index contributed by atoms with van der Waals surface area (Å²) >= 11 is 0. The Labute approximate surface area is 127 Å². The molecule has 1 aromatic carbocycles. The van der Waals surface area contributed by atoms with Gasteiger partial charge in [-0.25, -0.2) is 0 Å². The maximum Gasteiger partial charge on any atom is 0.248 e. The maximum atomic E-state index is 11.8. The Bertz CT molecular complexity index is 428. The van der Waals surface area contributed by atoms with Crippen molar-refractivity contribution in [2.45, 2.75) is 13.3 Å². The molecule has 2 rings (SSSR count). The fourth-order valence-electron chi connectivity index (χ4n) is 2.92. The summed E-state index contributed by atoms with van der Waals surface area (Å²) in [6, 6.07) is 10.6. The molecule has 1 atom stereocenters. The van der Waals surface area contributed by atoms with E-state index in [-0.39, 0.29) is 12.5 Å². The molecule has 1 aliphatic heterocycles. The third kappa shape index (κ3) is 5.14. The van der Waals surface area contributed by atoms with Crippen LogP contribution in [0.3, 0.4) is 0 Å². The van der Waals surface area contributed by atoms with Crippen molar-refractivity contribution in [2.24, 2.45) is 5.92 Å². The van der Waals surface area contributed by atoms with Crippen LogP contribution >= 0.6 is 0 Å². The van der Waals surface area contributed by atoms with Crippen molar-refractivity contribution < 1.29 is 9.53 Å². The zero-order chi connectivity index (χ0) is 15.1. The number of piperazine rings is 1. The molecule has 0 spiro atoms. The lowest BCUT2D eigenvalue weighted by Crippen LogP contribution is -2.50. The fourth-order valence-corrected chi connectivity index (χ4v) is 2.92. The molecule has 0 N–H and O–H groups in total. The number of benzene rings is 1. The van der Waals surface area contributed by atoms with Gasteiger partial charge in [0.05, 0.1) is 0 Å². The Kier molecular flexibility index (Phi) is 6.21. The minimum absolute atomic E-state index is 0.106. The van der Waals surface area contributed by atoms with Crippen LogP contribution in [0.4, 0.5) is 0 Å². The molecule has 1 aliphatic rings. The van der Waals surface area contributed by atoms with Gasteiger partial charge in [0.2, 0.25) is 5.91 Å². The van der Waals surface area contributed by atoms with Crippen molar-refractivity contribution in [1.82, 2.24) is 9.80 Å². The Morgan fingerprint density at radius 1 is 1.19 bits per heavy atom. The van der Waals surface area contributed by atoms with E-state index in [2.05, 4.69) is 42.2 Å². The third-order valence-electron chi connectivity index (χ3n) is 3.99. The standard InChI is InChI=1S/C17H26N2O2/c1-15(12-16-6-4-3-5-7-16)13-18-8-10-19(11-9-18)17(20)14-21-2/h3-7,15H,8-14H2,1-2H3/t15-/m0/s1. The average molecular weight is 290 g/mol. The second kappa shape index (κ2) is 8.15. The first-order valence-corrected chi connectivity index (χ1v) is 7.72. The molecular formula is C17H26N2O2. The molecule has 1 heterocycles. The molecule has 0 aliphatic carbocycles. The largest absolute Gasteiger partial charge is 0.375 e. The second-order valence-electron chi connectivity index (χ2n) is 5.91. The Morgan fingerprint density at radius 3 is 2.48 bits per heavy atom. The summed E-state index contributed by atoms with van der Waals surface area (Å²) in [6.07, 6.45) is 1.11. The number of amides is 1. The Balaban J connectivity index is 1.72. The summed E-state index contributed by atoms with van der Waals surface area (Å²) < 4.78 is 4.91. The second-order valence-corrected chi connectivity index (χ2v) is 5.91. The lowest BCUT2D eigenvalue weighted by Gasteiger charge is -2.35. The number of rotatable bonds is 6. The number of hydrogen-bond donors (Lipinski definition) is 0. The van der Waals surface area contributed by atoms with E-state index in [0.29, 0.717) is 5.92 Å². The molecule has 4 heteroatoms. The van der Waals surface area contributed by atoms with E-state index in [1.165, 1.54) is 5.56 Å². The first kappa shape index (κ1) is 16.0. The monoisotopic (exact) mass is 290 g/mol. The number of ether oxygens (including phenoxy) is 1. The van der Waals surface area contributed by atoms with Gasteiger partial charge in [0, 0.05) is 39.8 Å². The third-order valence-corrected chi connectivity index (χ3v) is 3.99. The molecule has 116 valence electrons. The van der Waals surface area contributed by atoms with E-state index >= 15 is 0 Å². The van der Waals surface area contributed by atoms with Crippen LogP contribution in [0.2, 0.25) is 0 Å². The van der Waals surface area contributed by atoms with Crippen LogP contribution in [0.15, 0.2) is 30.3 Å². The highest BCUT2D eigenvalue weighted by molar-refractivity contribution is 5.77. The summed E-state index contributed by atoms with van der Waals surface area (Å²) in [5.41, 5.74) is 1.40.